The predicted molar refractivity (Wildman–Crippen MR) is 489 cm³/mol. The summed E-state index contributed by atoms with van der Waals surface area (Å²) in [4.78, 5) is 21.8. The Kier molecular flexibility index (Phi) is 15.0. The monoisotopic (exact) mass is 1500 g/mol. The Morgan fingerprint density at radius 3 is 0.965 bits per heavy atom. The third-order valence-corrected chi connectivity index (χ3v) is 23.5. The van der Waals surface area contributed by atoms with Crippen LogP contribution in [0.3, 0.4) is 0 Å². The molecule has 5 heterocycles. The van der Waals surface area contributed by atoms with Crippen molar-refractivity contribution in [1.82, 2.24) is 24.1 Å². The lowest BCUT2D eigenvalue weighted by molar-refractivity contribution is 0.590. The van der Waals surface area contributed by atoms with Crippen LogP contribution in [0.15, 0.2) is 309 Å². The first-order chi connectivity index (χ1) is 58.5. The van der Waals surface area contributed by atoms with Crippen molar-refractivity contribution in [3.63, 3.8) is 0 Å². The number of para-hydroxylation sites is 2. The third-order valence-electron chi connectivity index (χ3n) is 23.5. The maximum atomic E-state index is 10.0. The quantitative estimate of drug-likeness (QED) is 0.128. The summed E-state index contributed by atoms with van der Waals surface area (Å²) < 4.78 is 80.9. The van der Waals surface area contributed by atoms with E-state index in [1.165, 1.54) is 27.5 Å². The molecule has 3 aromatic heterocycles. The Bertz CT molecular complexity index is 6970. The summed E-state index contributed by atoms with van der Waals surface area (Å²) in [6.07, 6.45) is 0. The van der Waals surface area contributed by atoms with Crippen LogP contribution in [0, 0.1) is 0 Å². The molecule has 0 bridgehead atoms. The van der Waals surface area contributed by atoms with E-state index in [0.29, 0.717) is 34.4 Å². The van der Waals surface area contributed by atoms with Crippen molar-refractivity contribution in [2.75, 3.05) is 9.80 Å². The molecule has 17 aromatic rings. The van der Waals surface area contributed by atoms with Crippen LogP contribution in [0.4, 0.5) is 34.1 Å². The molecule has 2 aliphatic heterocycles. The average Bonchev–Trinajstić information content (AvgIpc) is 1.38. The summed E-state index contributed by atoms with van der Waals surface area (Å²) in [7, 11) is 0. The number of rotatable bonds is 10. The molecule has 0 aliphatic carbocycles. The third kappa shape index (κ3) is 12.5. The fourth-order valence-corrected chi connectivity index (χ4v) is 17.3. The second-order valence-electron chi connectivity index (χ2n) is 36.3. The van der Waals surface area contributed by atoms with Gasteiger partial charge in [0.1, 0.15) is 0 Å². The molecular weight excluding hydrogens is 1390 g/mol. The van der Waals surface area contributed by atoms with Gasteiger partial charge in [0.2, 0.25) is 0 Å². The second-order valence-corrected chi connectivity index (χ2v) is 36.3. The number of hydrogen-bond donors (Lipinski definition) is 0. The molecular formula is C107H96BN7. The molecule has 2 aliphatic rings. The normalized spacial score (nSPS) is 14.1. The molecule has 0 atom stereocenters. The smallest absolute Gasteiger partial charge is 0.252 e. The standard InChI is InChI=1S/C107H96BN7/c1-103(2,3)72-49-55-91-84(57-72)85-58-73(104(4,5)6)50-56-92(85)113(91)78-52-54-87-93(66-78)114(98-81(67-35-21-16-22-36-67)59-74(105(7,8)9)60-82(98)68-37-23-17-24-38-68)95-63-76(107(13,14)15)64-96-97(95)108(87)88-53-51-77(112-89-47-33-31-45-79(89)80-46-32-34-48-90(80)112)65-94(88)115(96)99-83(69-39-25-18-26-40-69)61-75(106(10,11)12)62-86(99)102-110-100(70-41-27-19-28-42-70)109-101(111-102)71-43-29-20-30-44-71/h16-66H,1-15H3/i31D,32D,33D,34D,45D,46D,47D,48D. The van der Waals surface area contributed by atoms with Crippen molar-refractivity contribution in [3.8, 4) is 78.9 Å². The van der Waals surface area contributed by atoms with Gasteiger partial charge in [0, 0.05) is 89.0 Å². The number of aromatic nitrogens is 5. The van der Waals surface area contributed by atoms with E-state index in [9.17, 15) is 11.0 Å². The first-order valence-corrected chi connectivity index (χ1v) is 40.1. The second kappa shape index (κ2) is 27.0. The van der Waals surface area contributed by atoms with Crippen LogP contribution >= 0.6 is 0 Å². The molecule has 19 rings (SSSR count). The Labute approximate surface area is 688 Å². The number of nitrogens with zero attached hydrogens (tertiary/aromatic N) is 7. The molecule has 14 aromatic carbocycles. The van der Waals surface area contributed by atoms with Crippen molar-refractivity contribution in [3.05, 3.63) is 337 Å². The summed E-state index contributed by atoms with van der Waals surface area (Å²) in [6.45, 7) is 33.6. The molecule has 0 radical (unpaired) electrons. The van der Waals surface area contributed by atoms with Gasteiger partial charge in [0.05, 0.1) is 44.4 Å². The molecule has 7 nitrogen and oxygen atoms in total. The Balaban J connectivity index is 1.03. The molecule has 0 N–H and O–H groups in total. The summed E-state index contributed by atoms with van der Waals surface area (Å²) in [5.74, 6) is 1.35. The topological polar surface area (TPSA) is 55.0 Å². The van der Waals surface area contributed by atoms with Crippen LogP contribution < -0.4 is 26.2 Å². The van der Waals surface area contributed by atoms with E-state index in [0.717, 1.165) is 117 Å². The first-order valence-electron chi connectivity index (χ1n) is 44.1. The lowest BCUT2D eigenvalue weighted by Crippen LogP contribution is -2.61. The van der Waals surface area contributed by atoms with Gasteiger partial charge in [-0.25, -0.2) is 15.0 Å². The van der Waals surface area contributed by atoms with E-state index in [4.69, 9.17) is 15.0 Å². The van der Waals surface area contributed by atoms with Crippen molar-refractivity contribution in [1.29, 1.82) is 0 Å². The van der Waals surface area contributed by atoms with Crippen molar-refractivity contribution in [2.24, 2.45) is 0 Å². The largest absolute Gasteiger partial charge is 0.310 e. The lowest BCUT2D eigenvalue weighted by atomic mass is 9.33. The molecule has 0 fully saturated rings. The summed E-state index contributed by atoms with van der Waals surface area (Å²) in [5.41, 5.74) is 23.7. The minimum absolute atomic E-state index is 0.0108. The highest BCUT2D eigenvalue weighted by molar-refractivity contribution is 7.00. The van der Waals surface area contributed by atoms with Gasteiger partial charge in [0.15, 0.2) is 17.5 Å². The number of hydrogen-bond acceptors (Lipinski definition) is 5. The molecule has 0 saturated heterocycles. The average molecular weight is 1500 g/mol. The highest BCUT2D eigenvalue weighted by atomic mass is 15.2. The highest BCUT2D eigenvalue weighted by Gasteiger charge is 2.47. The molecule has 8 heteroatoms. The van der Waals surface area contributed by atoms with Gasteiger partial charge in [-0.05, 0) is 185 Å². The zero-order valence-corrected chi connectivity index (χ0v) is 68.0. The van der Waals surface area contributed by atoms with Gasteiger partial charge in [-0.2, -0.15) is 0 Å². The predicted octanol–water partition coefficient (Wildman–Crippen LogP) is 26.6. The lowest BCUT2D eigenvalue weighted by Gasteiger charge is -2.46. The number of fused-ring (bicyclic) bond motifs is 10. The maximum absolute atomic E-state index is 10.0. The van der Waals surface area contributed by atoms with Crippen LogP contribution in [0.25, 0.3) is 123 Å². The van der Waals surface area contributed by atoms with Gasteiger partial charge in [0.25, 0.3) is 6.71 Å². The maximum Gasteiger partial charge on any atom is 0.252 e. The summed E-state index contributed by atoms with van der Waals surface area (Å²) in [5, 5.41) is 2.30. The van der Waals surface area contributed by atoms with Gasteiger partial charge in [-0.1, -0.05) is 316 Å². The van der Waals surface area contributed by atoms with Crippen LogP contribution in [-0.2, 0) is 27.1 Å². The minimum atomic E-state index is -0.586. The van der Waals surface area contributed by atoms with Gasteiger partial charge < -0.3 is 18.9 Å². The Morgan fingerprint density at radius 1 is 0.270 bits per heavy atom. The van der Waals surface area contributed by atoms with Crippen LogP contribution in [0.2, 0.25) is 0 Å². The van der Waals surface area contributed by atoms with E-state index < -0.39 is 65.9 Å². The fourth-order valence-electron chi connectivity index (χ4n) is 17.3. The van der Waals surface area contributed by atoms with E-state index in [1.807, 2.05) is 72.8 Å². The minimum Gasteiger partial charge on any atom is -0.310 e. The first kappa shape index (κ1) is 63.8. The van der Waals surface area contributed by atoms with Gasteiger partial charge in [-0.3, -0.25) is 0 Å². The number of anilines is 6. The molecule has 0 saturated carbocycles. The van der Waals surface area contributed by atoms with Crippen molar-refractivity contribution < 1.29 is 11.0 Å². The van der Waals surface area contributed by atoms with Gasteiger partial charge in [-0.15, -0.1) is 0 Å². The molecule has 115 heavy (non-hydrogen) atoms. The zero-order valence-electron chi connectivity index (χ0n) is 76.0. The van der Waals surface area contributed by atoms with E-state index in [-0.39, 0.29) is 38.1 Å². The molecule has 0 unspecified atom stereocenters. The van der Waals surface area contributed by atoms with Crippen molar-refractivity contribution in [2.45, 2.75) is 131 Å². The van der Waals surface area contributed by atoms with E-state index >= 15 is 0 Å². The van der Waals surface area contributed by atoms with E-state index in [1.54, 1.807) is 4.57 Å². The number of benzene rings is 14. The molecule has 0 spiro atoms. The Hall–Kier alpha value is -12.6. The molecule has 0 amide bonds. The molecule has 562 valence electrons. The van der Waals surface area contributed by atoms with Crippen LogP contribution in [0.5, 0.6) is 0 Å². The highest BCUT2D eigenvalue weighted by Crippen LogP contribution is 2.56. The Morgan fingerprint density at radius 2 is 0.591 bits per heavy atom. The van der Waals surface area contributed by atoms with E-state index in [2.05, 4.69) is 306 Å². The fraction of sp³-hybridized carbons (Fsp3) is 0.187. The van der Waals surface area contributed by atoms with Crippen LogP contribution in [0.1, 0.15) is 143 Å². The summed E-state index contributed by atoms with van der Waals surface area (Å²) >= 11 is 0. The van der Waals surface area contributed by atoms with Crippen molar-refractivity contribution >= 4 is 101 Å². The van der Waals surface area contributed by atoms with Gasteiger partial charge >= 0.3 is 0 Å². The zero-order chi connectivity index (χ0) is 86.3. The SMILES string of the molecule is [2H]c1c([2H])c([2H])c2c(c1[2H])c1c([2H])c([2H])c([2H])c([2H])c1n2-c1ccc2c(c1)N(c1c(-c3ccccc3)cc(C(C)(C)C)cc1-c1nc(-c3ccccc3)nc(-c3ccccc3)n1)c1cc(C(C)(C)C)cc3c1B2c1ccc(-n2c4ccc(C(C)(C)C)cc4c4cc(C(C)(C)C)ccc42)cc1N3c1c(-c2ccccc2)cc(C(C)(C)C)cc1-c1ccccc1. The summed E-state index contributed by atoms with van der Waals surface area (Å²) in [6, 6.07) is 90.3. The van der Waals surface area contributed by atoms with Crippen LogP contribution in [-0.4, -0.2) is 30.8 Å².